The van der Waals surface area contributed by atoms with Crippen LogP contribution in [0.25, 0.3) is 64.0 Å². The van der Waals surface area contributed by atoms with Gasteiger partial charge in [-0.15, -0.1) is 11.3 Å². The number of hydrogen-bond donors (Lipinski definition) is 0. The van der Waals surface area contributed by atoms with Crippen molar-refractivity contribution in [2.24, 2.45) is 0 Å². The fraction of sp³-hybridized carbons (Fsp3) is 0. The molecule has 0 bridgehead atoms. The van der Waals surface area contributed by atoms with Gasteiger partial charge in [0.2, 0.25) is 6.71 Å². The summed E-state index contributed by atoms with van der Waals surface area (Å²) in [4.78, 5) is 2.59. The van der Waals surface area contributed by atoms with E-state index in [2.05, 4.69) is 163 Å². The number of nitrogens with zero attached hydrogens (tertiary/aromatic N) is 1. The Balaban J connectivity index is 1.27. The van der Waals surface area contributed by atoms with Crippen molar-refractivity contribution < 1.29 is 0 Å². The van der Waals surface area contributed by atoms with Gasteiger partial charge in [-0.25, -0.2) is 0 Å². The minimum Gasteiger partial charge on any atom is -0.310 e. The van der Waals surface area contributed by atoms with Crippen LogP contribution in [0.1, 0.15) is 0 Å². The lowest BCUT2D eigenvalue weighted by Crippen LogP contribution is -2.54. The van der Waals surface area contributed by atoms with Crippen molar-refractivity contribution in [3.05, 3.63) is 158 Å². The van der Waals surface area contributed by atoms with Crippen LogP contribution < -0.4 is 21.3 Å². The zero-order valence-electron chi connectivity index (χ0n) is 25.4. The maximum absolute atomic E-state index is 2.59. The lowest BCUT2D eigenvalue weighted by atomic mass is 9.37. The van der Waals surface area contributed by atoms with Crippen LogP contribution in [0.2, 0.25) is 0 Å². The fourth-order valence-corrected chi connectivity index (χ4v) is 9.51. The molecule has 9 aromatic rings. The summed E-state index contributed by atoms with van der Waals surface area (Å²) in [6.45, 7) is 0.180. The van der Waals surface area contributed by atoms with E-state index in [1.54, 1.807) is 0 Å². The van der Waals surface area contributed by atoms with E-state index in [-0.39, 0.29) is 6.71 Å². The van der Waals surface area contributed by atoms with Crippen molar-refractivity contribution in [3.63, 3.8) is 0 Å². The molecule has 2 aliphatic heterocycles. The van der Waals surface area contributed by atoms with Gasteiger partial charge in [0, 0.05) is 42.3 Å². The monoisotopic (exact) mass is 611 g/mol. The van der Waals surface area contributed by atoms with Gasteiger partial charge in [-0.3, -0.25) is 0 Å². The first-order valence-electron chi connectivity index (χ1n) is 16.3. The molecular weight excluding hydrogens is 585 g/mol. The van der Waals surface area contributed by atoms with Crippen molar-refractivity contribution in [1.82, 2.24) is 0 Å². The summed E-state index contributed by atoms with van der Waals surface area (Å²) in [5.41, 5.74) is 13.1. The highest BCUT2D eigenvalue weighted by atomic mass is 32.1. The van der Waals surface area contributed by atoms with Crippen LogP contribution in [0, 0.1) is 0 Å². The summed E-state index contributed by atoms with van der Waals surface area (Å²) in [6.07, 6.45) is 0. The number of hydrogen-bond acceptors (Lipinski definition) is 2. The predicted molar refractivity (Wildman–Crippen MR) is 205 cm³/mol. The average Bonchev–Trinajstić information content (AvgIpc) is 3.68. The maximum Gasteiger partial charge on any atom is 0.248 e. The molecule has 0 unspecified atom stereocenters. The lowest BCUT2D eigenvalue weighted by molar-refractivity contribution is 1.33. The Morgan fingerprint density at radius 3 is 2.06 bits per heavy atom. The number of fused-ring (bicyclic) bond motifs is 11. The molecule has 3 heterocycles. The Bertz CT molecular complexity index is 2770. The molecule has 0 saturated heterocycles. The van der Waals surface area contributed by atoms with E-state index in [1.807, 2.05) is 11.3 Å². The Labute approximate surface area is 277 Å². The first-order valence-corrected chi connectivity index (χ1v) is 17.1. The number of thiophene rings is 1. The highest BCUT2D eigenvalue weighted by molar-refractivity contribution is 7.25. The zero-order valence-corrected chi connectivity index (χ0v) is 26.3. The van der Waals surface area contributed by atoms with Crippen molar-refractivity contribution in [2.45, 2.75) is 0 Å². The molecule has 3 heteroatoms. The van der Waals surface area contributed by atoms with Crippen LogP contribution >= 0.6 is 11.3 Å². The molecule has 8 aromatic carbocycles. The third-order valence-electron chi connectivity index (χ3n) is 10.4. The first kappa shape index (κ1) is 25.5. The normalized spacial score (nSPS) is 13.0. The van der Waals surface area contributed by atoms with Gasteiger partial charge >= 0.3 is 0 Å². The summed E-state index contributed by atoms with van der Waals surface area (Å²) in [6, 6.07) is 59.0. The molecule has 11 rings (SSSR count). The molecule has 0 amide bonds. The van der Waals surface area contributed by atoms with E-state index >= 15 is 0 Å². The maximum atomic E-state index is 2.59. The smallest absolute Gasteiger partial charge is 0.248 e. The fourth-order valence-electron chi connectivity index (χ4n) is 8.42. The van der Waals surface area contributed by atoms with Gasteiger partial charge in [0.1, 0.15) is 0 Å². The molecule has 0 aliphatic carbocycles. The van der Waals surface area contributed by atoms with Crippen molar-refractivity contribution in [1.29, 1.82) is 0 Å². The van der Waals surface area contributed by atoms with Gasteiger partial charge in [-0.2, -0.15) is 0 Å². The van der Waals surface area contributed by atoms with Crippen LogP contribution in [-0.2, 0) is 0 Å². The molecule has 0 spiro atoms. The molecule has 0 radical (unpaired) electrons. The third-order valence-corrected chi connectivity index (χ3v) is 11.6. The second-order valence-corrected chi connectivity index (χ2v) is 13.9. The first-order chi connectivity index (χ1) is 23.3. The predicted octanol–water partition coefficient (Wildman–Crippen LogP) is 10.3. The molecule has 0 saturated carbocycles. The molecule has 0 atom stereocenters. The summed E-state index contributed by atoms with van der Waals surface area (Å²) >= 11 is 1.88. The van der Waals surface area contributed by atoms with Crippen molar-refractivity contribution >= 4 is 93.2 Å². The number of benzene rings is 8. The highest BCUT2D eigenvalue weighted by Gasteiger charge is 2.43. The summed E-state index contributed by atoms with van der Waals surface area (Å²) in [5.74, 6) is 0. The Hall–Kier alpha value is -5.64. The van der Waals surface area contributed by atoms with E-state index in [0.29, 0.717) is 0 Å². The van der Waals surface area contributed by atoms with Crippen LogP contribution in [0.15, 0.2) is 158 Å². The highest BCUT2D eigenvalue weighted by Crippen LogP contribution is 2.47. The second kappa shape index (κ2) is 9.45. The molecule has 0 fully saturated rings. The number of rotatable bonds is 2. The van der Waals surface area contributed by atoms with Crippen molar-refractivity contribution in [2.75, 3.05) is 4.90 Å². The number of anilines is 3. The standard InChI is InChI=1S/C44H26BNS/c1-3-13-31-27(10-1)12-9-18-39(31)46-40-26-30(29-21-23-42-35(24-29)34-16-6-8-19-41(34)47-42)25-36-33-15-5-7-17-37(33)45(43(36)40)38-22-20-28-11-2-4-14-32(28)44(38)46/h1-26H. The Morgan fingerprint density at radius 2 is 1.15 bits per heavy atom. The van der Waals surface area contributed by atoms with E-state index in [9.17, 15) is 0 Å². The van der Waals surface area contributed by atoms with Gasteiger partial charge in [-0.05, 0) is 80.4 Å². The van der Waals surface area contributed by atoms with Gasteiger partial charge < -0.3 is 4.90 Å². The van der Waals surface area contributed by atoms with Crippen LogP contribution in [0.5, 0.6) is 0 Å². The van der Waals surface area contributed by atoms with E-state index in [4.69, 9.17) is 0 Å². The Kier molecular flexibility index (Phi) is 5.14. The third kappa shape index (κ3) is 3.50. The molecule has 0 N–H and O–H groups in total. The van der Waals surface area contributed by atoms with E-state index in [0.717, 1.165) is 0 Å². The average molecular weight is 612 g/mol. The summed E-state index contributed by atoms with van der Waals surface area (Å²) in [5, 5.41) is 7.72. The van der Waals surface area contributed by atoms with Gasteiger partial charge in [0.05, 0.1) is 5.69 Å². The minimum atomic E-state index is 0.180. The lowest BCUT2D eigenvalue weighted by Gasteiger charge is -2.37. The van der Waals surface area contributed by atoms with Crippen LogP contribution in [0.4, 0.5) is 17.1 Å². The van der Waals surface area contributed by atoms with Crippen LogP contribution in [0.3, 0.4) is 0 Å². The summed E-state index contributed by atoms with van der Waals surface area (Å²) in [7, 11) is 0. The van der Waals surface area contributed by atoms with Crippen molar-refractivity contribution in [3.8, 4) is 22.3 Å². The SMILES string of the molecule is c1ccc2c(c1)B1c3ccc4ccccc4c3N(c3cccc4ccccc34)c3cc(-c4ccc5sc6ccccc6c5c4)cc-2c31. The minimum absolute atomic E-state index is 0.180. The second-order valence-electron chi connectivity index (χ2n) is 12.8. The van der Waals surface area contributed by atoms with Gasteiger partial charge in [-0.1, -0.05) is 127 Å². The molecule has 1 nitrogen and oxygen atoms in total. The quantitative estimate of drug-likeness (QED) is 0.176. The zero-order chi connectivity index (χ0) is 30.6. The summed E-state index contributed by atoms with van der Waals surface area (Å²) < 4.78 is 2.67. The van der Waals surface area contributed by atoms with E-state index in [1.165, 1.54) is 97.4 Å². The Morgan fingerprint density at radius 1 is 0.426 bits per heavy atom. The molecular formula is C44H26BNS. The molecule has 216 valence electrons. The van der Waals surface area contributed by atoms with Gasteiger partial charge in [0.25, 0.3) is 0 Å². The molecule has 47 heavy (non-hydrogen) atoms. The van der Waals surface area contributed by atoms with E-state index < -0.39 is 0 Å². The van der Waals surface area contributed by atoms with Gasteiger partial charge in [0.15, 0.2) is 0 Å². The van der Waals surface area contributed by atoms with Crippen LogP contribution in [-0.4, -0.2) is 6.71 Å². The molecule has 2 aliphatic rings. The topological polar surface area (TPSA) is 3.24 Å². The molecule has 1 aromatic heterocycles. The largest absolute Gasteiger partial charge is 0.310 e.